The Hall–Kier alpha value is -2.82. The zero-order valence-corrected chi connectivity index (χ0v) is 16.5. The van der Waals surface area contributed by atoms with E-state index in [0.717, 1.165) is 5.56 Å². The summed E-state index contributed by atoms with van der Waals surface area (Å²) >= 11 is 0. The van der Waals surface area contributed by atoms with E-state index in [-0.39, 0.29) is 18.0 Å². The van der Waals surface area contributed by atoms with Gasteiger partial charge in [-0.15, -0.1) is 0 Å². The maximum atomic E-state index is 12.6. The third-order valence-corrected chi connectivity index (χ3v) is 6.28. The summed E-state index contributed by atoms with van der Waals surface area (Å²) in [5, 5.41) is 5.03. The molecule has 0 unspecified atom stereocenters. The summed E-state index contributed by atoms with van der Waals surface area (Å²) in [6.45, 7) is 1.73. The number of carbonyl (C=O) groups excluding carboxylic acids is 2. The molecule has 2 N–H and O–H groups in total. The quantitative estimate of drug-likeness (QED) is 0.640. The zero-order valence-electron chi connectivity index (χ0n) is 15.7. The van der Waals surface area contributed by atoms with Crippen molar-refractivity contribution < 1.29 is 22.7 Å². The molecule has 1 saturated heterocycles. The minimum absolute atomic E-state index is 0.108. The first kappa shape index (κ1) is 20.9. The topological polar surface area (TPSA) is 118 Å². The lowest BCUT2D eigenvalue weighted by atomic mass is 10.2. The van der Waals surface area contributed by atoms with Crippen LogP contribution in [-0.4, -0.2) is 55.8 Å². The van der Waals surface area contributed by atoms with Crippen LogP contribution in [0.4, 0.5) is 0 Å². The molecule has 1 aromatic carbocycles. The van der Waals surface area contributed by atoms with Crippen LogP contribution < -0.4 is 10.6 Å². The number of hydrogen-bond donors (Lipinski definition) is 2. The van der Waals surface area contributed by atoms with Gasteiger partial charge in [0.05, 0.1) is 18.1 Å². The Kier molecular flexibility index (Phi) is 6.91. The van der Waals surface area contributed by atoms with Crippen molar-refractivity contribution in [1.82, 2.24) is 19.9 Å². The second-order valence-corrected chi connectivity index (χ2v) is 8.32. The minimum Gasteiger partial charge on any atom is -0.379 e. The molecule has 3 rings (SSSR count). The third-order valence-electron chi connectivity index (χ3n) is 4.37. The van der Waals surface area contributed by atoms with E-state index >= 15 is 0 Å². The van der Waals surface area contributed by atoms with Crippen molar-refractivity contribution in [2.45, 2.75) is 18.0 Å². The Morgan fingerprint density at radius 2 is 1.59 bits per heavy atom. The lowest BCUT2D eigenvalue weighted by Gasteiger charge is -2.26. The summed E-state index contributed by atoms with van der Waals surface area (Å²) in [7, 11) is -3.56. The average molecular weight is 418 g/mol. The van der Waals surface area contributed by atoms with Gasteiger partial charge in [-0.1, -0.05) is 18.2 Å². The summed E-state index contributed by atoms with van der Waals surface area (Å²) in [4.78, 5) is 27.9. The molecule has 0 saturated carbocycles. The first-order valence-corrected chi connectivity index (χ1v) is 10.5. The maximum absolute atomic E-state index is 12.6. The summed E-state index contributed by atoms with van der Waals surface area (Å²) in [6, 6.07) is 9.74. The van der Waals surface area contributed by atoms with Gasteiger partial charge in [-0.2, -0.15) is 4.31 Å². The molecule has 0 spiro atoms. The monoisotopic (exact) mass is 418 g/mol. The third kappa shape index (κ3) is 5.59. The predicted octanol–water partition coefficient (Wildman–Crippen LogP) is 0.0351. The molecular weight excluding hydrogens is 396 g/mol. The van der Waals surface area contributed by atoms with Gasteiger partial charge in [0, 0.05) is 38.6 Å². The predicted molar refractivity (Wildman–Crippen MR) is 104 cm³/mol. The van der Waals surface area contributed by atoms with E-state index in [1.807, 2.05) is 0 Å². The molecule has 10 heteroatoms. The number of rotatable bonds is 6. The molecule has 2 heterocycles. The van der Waals surface area contributed by atoms with Crippen molar-refractivity contribution in [1.29, 1.82) is 0 Å². The molecule has 2 amide bonds. The maximum Gasteiger partial charge on any atom is 0.309 e. The fourth-order valence-electron chi connectivity index (χ4n) is 2.74. The largest absolute Gasteiger partial charge is 0.379 e. The number of carbonyl (C=O) groups is 2. The summed E-state index contributed by atoms with van der Waals surface area (Å²) < 4.78 is 31.7. The highest BCUT2D eigenvalue weighted by Gasteiger charge is 2.26. The fraction of sp³-hybridized carbons (Fsp3) is 0.316. The Morgan fingerprint density at radius 3 is 2.17 bits per heavy atom. The van der Waals surface area contributed by atoms with E-state index in [9.17, 15) is 18.0 Å². The van der Waals surface area contributed by atoms with Crippen LogP contribution in [-0.2, 0) is 37.4 Å². The normalized spacial score (nSPS) is 14.9. The van der Waals surface area contributed by atoms with Crippen LogP contribution in [0.25, 0.3) is 0 Å². The highest BCUT2D eigenvalue weighted by Crippen LogP contribution is 2.17. The van der Waals surface area contributed by atoms with Gasteiger partial charge in [0.2, 0.25) is 10.0 Å². The first-order valence-electron chi connectivity index (χ1n) is 9.08. The Balaban J connectivity index is 1.50. The molecular formula is C19H22N4O5S. The van der Waals surface area contributed by atoms with Crippen LogP contribution in [0.3, 0.4) is 0 Å². The molecule has 0 radical (unpaired) electrons. The van der Waals surface area contributed by atoms with E-state index in [1.54, 1.807) is 36.7 Å². The van der Waals surface area contributed by atoms with Gasteiger partial charge < -0.3 is 15.4 Å². The fourth-order valence-corrected chi connectivity index (χ4v) is 4.15. The van der Waals surface area contributed by atoms with E-state index in [0.29, 0.717) is 31.9 Å². The number of hydrogen-bond acceptors (Lipinski definition) is 6. The molecule has 1 aliphatic rings. The number of pyridine rings is 1. The number of nitrogens with zero attached hydrogens (tertiary/aromatic N) is 2. The van der Waals surface area contributed by atoms with Crippen molar-refractivity contribution in [2.24, 2.45) is 0 Å². The van der Waals surface area contributed by atoms with Gasteiger partial charge in [0.25, 0.3) is 0 Å². The number of nitrogens with one attached hydrogen (secondary N) is 2. The summed E-state index contributed by atoms with van der Waals surface area (Å²) in [6.07, 6.45) is 3.22. The number of sulfonamides is 1. The molecule has 0 aliphatic carbocycles. The van der Waals surface area contributed by atoms with Gasteiger partial charge in [0.1, 0.15) is 0 Å². The van der Waals surface area contributed by atoms with E-state index in [4.69, 9.17) is 4.74 Å². The van der Waals surface area contributed by atoms with Gasteiger partial charge in [0.15, 0.2) is 0 Å². The van der Waals surface area contributed by atoms with E-state index < -0.39 is 21.8 Å². The zero-order chi connectivity index (χ0) is 20.7. The van der Waals surface area contributed by atoms with Crippen molar-refractivity contribution in [3.8, 4) is 0 Å². The number of ether oxygens (including phenoxy) is 1. The van der Waals surface area contributed by atoms with Gasteiger partial charge >= 0.3 is 11.8 Å². The lowest BCUT2D eigenvalue weighted by Crippen LogP contribution is -2.40. The minimum atomic E-state index is -3.56. The summed E-state index contributed by atoms with van der Waals surface area (Å²) in [5.74, 6) is -1.51. The van der Waals surface area contributed by atoms with Crippen LogP contribution >= 0.6 is 0 Å². The molecule has 29 heavy (non-hydrogen) atoms. The molecule has 1 fully saturated rings. The lowest BCUT2D eigenvalue weighted by molar-refractivity contribution is -0.139. The van der Waals surface area contributed by atoms with Crippen LogP contribution in [0, 0.1) is 0 Å². The van der Waals surface area contributed by atoms with Crippen molar-refractivity contribution in [3.63, 3.8) is 0 Å². The number of benzene rings is 1. The Labute approximate surface area is 169 Å². The SMILES string of the molecule is O=C(NCc1ccc(S(=O)(=O)N2CCOCC2)cc1)C(=O)NCc1cccnc1. The smallest absolute Gasteiger partial charge is 0.309 e. The highest BCUT2D eigenvalue weighted by molar-refractivity contribution is 7.89. The number of amides is 2. The van der Waals surface area contributed by atoms with E-state index in [2.05, 4.69) is 15.6 Å². The van der Waals surface area contributed by atoms with Crippen LogP contribution in [0.15, 0.2) is 53.7 Å². The number of morpholine rings is 1. The Bertz CT molecular complexity index is 942. The molecule has 2 aromatic rings. The summed E-state index contributed by atoms with van der Waals surface area (Å²) in [5.41, 5.74) is 1.46. The average Bonchev–Trinajstić information content (AvgIpc) is 2.77. The molecule has 0 bridgehead atoms. The molecule has 1 aromatic heterocycles. The standard InChI is InChI=1S/C19H22N4O5S/c24-18(19(25)22-14-16-2-1-7-20-12-16)21-13-15-3-5-17(6-4-15)29(26,27)23-8-10-28-11-9-23/h1-7,12H,8-11,13-14H2,(H,21,24)(H,22,25). The molecule has 154 valence electrons. The van der Waals surface area contributed by atoms with Crippen molar-refractivity contribution in [3.05, 3.63) is 59.9 Å². The Morgan fingerprint density at radius 1 is 0.966 bits per heavy atom. The van der Waals surface area contributed by atoms with Crippen LogP contribution in [0.5, 0.6) is 0 Å². The highest BCUT2D eigenvalue weighted by atomic mass is 32.2. The number of aromatic nitrogens is 1. The van der Waals surface area contributed by atoms with Gasteiger partial charge in [-0.25, -0.2) is 8.42 Å². The van der Waals surface area contributed by atoms with Gasteiger partial charge in [-0.3, -0.25) is 14.6 Å². The van der Waals surface area contributed by atoms with E-state index in [1.165, 1.54) is 16.4 Å². The van der Waals surface area contributed by atoms with Crippen molar-refractivity contribution in [2.75, 3.05) is 26.3 Å². The van der Waals surface area contributed by atoms with Crippen molar-refractivity contribution >= 4 is 21.8 Å². The molecule has 9 nitrogen and oxygen atoms in total. The van der Waals surface area contributed by atoms with Gasteiger partial charge in [-0.05, 0) is 29.3 Å². The van der Waals surface area contributed by atoms with Crippen LogP contribution in [0.1, 0.15) is 11.1 Å². The second-order valence-electron chi connectivity index (χ2n) is 6.39. The van der Waals surface area contributed by atoms with Crippen LogP contribution in [0.2, 0.25) is 0 Å². The molecule has 1 aliphatic heterocycles. The first-order chi connectivity index (χ1) is 14.0. The molecule has 0 atom stereocenters. The second kappa shape index (κ2) is 9.59.